The van der Waals surface area contributed by atoms with Gasteiger partial charge in [0.1, 0.15) is 0 Å². The molecule has 5 unspecified atom stereocenters. The van der Waals surface area contributed by atoms with E-state index in [1.165, 1.54) is 43.8 Å². The number of imide groups is 1. The van der Waals surface area contributed by atoms with Crippen molar-refractivity contribution in [2.24, 2.45) is 34.6 Å². The Kier molecular flexibility index (Phi) is 7.87. The van der Waals surface area contributed by atoms with Crippen LogP contribution in [0.4, 0.5) is 0 Å². The van der Waals surface area contributed by atoms with Crippen molar-refractivity contribution in [3.8, 4) is 0 Å². The molecule has 2 aliphatic heterocycles. The highest BCUT2D eigenvalue weighted by Gasteiger charge is 2.58. The Labute approximate surface area is 193 Å². The van der Waals surface area contributed by atoms with Gasteiger partial charge in [0.2, 0.25) is 11.8 Å². The lowest BCUT2D eigenvalue weighted by Crippen LogP contribution is -2.39. The highest BCUT2D eigenvalue weighted by molar-refractivity contribution is 6.06. The van der Waals surface area contributed by atoms with Gasteiger partial charge in [-0.3, -0.25) is 19.5 Å². The summed E-state index contributed by atoms with van der Waals surface area (Å²) in [5.74, 6) is 2.16. The van der Waals surface area contributed by atoms with Crippen molar-refractivity contribution < 1.29 is 9.59 Å². The fraction of sp³-hybridized carbons (Fsp3) is 0.800. The molecular formula is C25H41N5O2. The van der Waals surface area contributed by atoms with Crippen LogP contribution in [0.1, 0.15) is 52.4 Å². The maximum Gasteiger partial charge on any atom is 0.233 e. The van der Waals surface area contributed by atoms with Crippen LogP contribution in [0, 0.1) is 29.6 Å². The van der Waals surface area contributed by atoms with Crippen molar-refractivity contribution >= 4 is 17.8 Å². The fourth-order valence-corrected chi connectivity index (χ4v) is 6.10. The van der Waals surface area contributed by atoms with Crippen molar-refractivity contribution in [1.29, 1.82) is 0 Å². The highest BCUT2D eigenvalue weighted by atomic mass is 16.2. The van der Waals surface area contributed by atoms with Crippen LogP contribution in [0.15, 0.2) is 17.1 Å². The summed E-state index contributed by atoms with van der Waals surface area (Å²) in [4.78, 5) is 34.3. The molecule has 0 aromatic rings. The van der Waals surface area contributed by atoms with Gasteiger partial charge < -0.3 is 15.5 Å². The van der Waals surface area contributed by atoms with Crippen molar-refractivity contribution in [2.45, 2.75) is 52.4 Å². The molecule has 0 aromatic heterocycles. The number of nitrogens with one attached hydrogen (secondary N) is 2. The van der Waals surface area contributed by atoms with E-state index in [1.807, 2.05) is 0 Å². The van der Waals surface area contributed by atoms with Crippen molar-refractivity contribution in [3.63, 3.8) is 0 Å². The summed E-state index contributed by atoms with van der Waals surface area (Å²) < 4.78 is 0. The molecule has 2 heterocycles. The van der Waals surface area contributed by atoms with Gasteiger partial charge in [0.05, 0.1) is 11.8 Å². The van der Waals surface area contributed by atoms with Gasteiger partial charge in [-0.2, -0.15) is 0 Å². The van der Waals surface area contributed by atoms with Crippen LogP contribution in [0.25, 0.3) is 0 Å². The predicted octanol–water partition coefficient (Wildman–Crippen LogP) is 2.25. The molecule has 0 aromatic carbocycles. The van der Waals surface area contributed by atoms with Gasteiger partial charge in [-0.1, -0.05) is 19.1 Å². The normalized spacial score (nSPS) is 32.1. The number of rotatable bonds is 10. The zero-order valence-electron chi connectivity index (χ0n) is 19.9. The molecule has 7 nitrogen and oxygen atoms in total. The van der Waals surface area contributed by atoms with Crippen LogP contribution < -0.4 is 10.6 Å². The van der Waals surface area contributed by atoms with Crippen LogP contribution in [-0.4, -0.2) is 73.4 Å². The molecule has 178 valence electrons. The van der Waals surface area contributed by atoms with Gasteiger partial charge in [-0.25, -0.2) is 0 Å². The van der Waals surface area contributed by atoms with Gasteiger partial charge in [-0.05, 0) is 76.3 Å². The molecule has 4 rings (SSSR count). The van der Waals surface area contributed by atoms with E-state index in [9.17, 15) is 9.59 Å². The van der Waals surface area contributed by atoms with Gasteiger partial charge in [0.25, 0.3) is 0 Å². The van der Waals surface area contributed by atoms with Gasteiger partial charge in [0, 0.05) is 32.7 Å². The first-order valence-corrected chi connectivity index (χ1v) is 12.9. The third kappa shape index (κ3) is 5.19. The molecule has 32 heavy (non-hydrogen) atoms. The first kappa shape index (κ1) is 23.3. The lowest BCUT2D eigenvalue weighted by atomic mass is 9.85. The maximum absolute atomic E-state index is 12.8. The number of aliphatic imine (C=N–C) groups is 1. The largest absolute Gasteiger partial charge is 0.357 e. The Hall–Kier alpha value is -1.89. The molecule has 0 radical (unpaired) electrons. The fourth-order valence-electron chi connectivity index (χ4n) is 6.10. The topological polar surface area (TPSA) is 77.0 Å². The lowest BCUT2D eigenvalue weighted by Gasteiger charge is -2.30. The number of hydrogen-bond donors (Lipinski definition) is 2. The summed E-state index contributed by atoms with van der Waals surface area (Å²) in [6, 6.07) is 0. The van der Waals surface area contributed by atoms with Crippen LogP contribution in [0.3, 0.4) is 0 Å². The van der Waals surface area contributed by atoms with E-state index in [0.29, 0.717) is 19.5 Å². The van der Waals surface area contributed by atoms with E-state index in [0.717, 1.165) is 37.8 Å². The van der Waals surface area contributed by atoms with Crippen molar-refractivity contribution in [2.75, 3.05) is 45.8 Å². The third-order valence-electron chi connectivity index (χ3n) is 7.65. The van der Waals surface area contributed by atoms with Crippen LogP contribution in [-0.2, 0) is 9.59 Å². The average Bonchev–Trinajstić information content (AvgIpc) is 3.46. The summed E-state index contributed by atoms with van der Waals surface area (Å²) in [6.45, 7) is 10.9. The number of hydrogen-bond acceptors (Lipinski definition) is 4. The Bertz CT molecular complexity index is 706. The van der Waals surface area contributed by atoms with Crippen molar-refractivity contribution in [3.05, 3.63) is 12.2 Å². The first-order valence-electron chi connectivity index (χ1n) is 12.9. The van der Waals surface area contributed by atoms with E-state index < -0.39 is 0 Å². The molecule has 7 heteroatoms. The Morgan fingerprint density at radius 1 is 1.06 bits per heavy atom. The molecule has 2 saturated heterocycles. The number of piperidine rings is 1. The molecule has 2 bridgehead atoms. The zero-order valence-corrected chi connectivity index (χ0v) is 19.9. The number of nitrogens with zero attached hydrogens (tertiary/aromatic N) is 3. The molecule has 0 spiro atoms. The number of guanidine groups is 1. The molecule has 1 saturated carbocycles. The zero-order chi connectivity index (χ0) is 22.5. The van der Waals surface area contributed by atoms with E-state index in [-0.39, 0.29) is 35.5 Å². The van der Waals surface area contributed by atoms with E-state index in [4.69, 9.17) is 0 Å². The number of unbranched alkanes of at least 4 members (excludes halogenated alkanes) is 1. The molecule has 2 aliphatic carbocycles. The smallest absolute Gasteiger partial charge is 0.233 e. The SMILES string of the molecule is CCNC(=NCCCN1C(=O)C2C3C=CC(C3)C2C1=O)NCCCCN1CCCC(C)C1. The monoisotopic (exact) mass is 443 g/mol. The summed E-state index contributed by atoms with van der Waals surface area (Å²) in [7, 11) is 0. The minimum atomic E-state index is -0.0897. The van der Waals surface area contributed by atoms with Gasteiger partial charge in [-0.15, -0.1) is 0 Å². The lowest BCUT2D eigenvalue weighted by molar-refractivity contribution is -0.140. The summed E-state index contributed by atoms with van der Waals surface area (Å²) >= 11 is 0. The van der Waals surface area contributed by atoms with Gasteiger partial charge in [0.15, 0.2) is 5.96 Å². The van der Waals surface area contributed by atoms with Crippen LogP contribution in [0.5, 0.6) is 0 Å². The van der Waals surface area contributed by atoms with E-state index in [1.54, 1.807) is 0 Å². The quantitative estimate of drug-likeness (QED) is 0.178. The second-order valence-electron chi connectivity index (χ2n) is 10.1. The number of likely N-dealkylation sites (tertiary alicyclic amines) is 2. The summed E-state index contributed by atoms with van der Waals surface area (Å²) in [6.07, 6.45) is 11.0. The summed E-state index contributed by atoms with van der Waals surface area (Å²) in [5, 5.41) is 6.73. The van der Waals surface area contributed by atoms with Gasteiger partial charge >= 0.3 is 0 Å². The van der Waals surface area contributed by atoms with Crippen molar-refractivity contribution in [1.82, 2.24) is 20.4 Å². The second-order valence-corrected chi connectivity index (χ2v) is 10.1. The predicted molar refractivity (Wildman–Crippen MR) is 127 cm³/mol. The molecule has 2 amide bonds. The molecular weight excluding hydrogens is 402 g/mol. The first-order chi connectivity index (χ1) is 15.6. The number of allylic oxidation sites excluding steroid dienone is 2. The van der Waals surface area contributed by atoms with E-state index in [2.05, 4.69) is 46.5 Å². The molecule has 5 atom stereocenters. The number of fused-ring (bicyclic) bond motifs is 5. The average molecular weight is 444 g/mol. The molecule has 3 fully saturated rings. The van der Waals surface area contributed by atoms with Crippen LogP contribution in [0.2, 0.25) is 0 Å². The minimum absolute atomic E-state index is 0.0500. The standard InChI is InChI=1S/C25H41N5O2/c1-3-26-25(27-11-4-5-13-29-14-6-8-18(2)17-29)28-12-7-15-30-23(31)21-19-9-10-20(16-19)22(21)24(30)32/h9-10,18-22H,3-8,11-17H2,1-2H3,(H2,26,27,28). The molecule has 2 N–H and O–H groups in total. The number of carbonyl (C=O) groups is 2. The molecule has 4 aliphatic rings. The third-order valence-corrected chi connectivity index (χ3v) is 7.65. The maximum atomic E-state index is 12.8. The number of amides is 2. The second kappa shape index (κ2) is 10.8. The Balaban J connectivity index is 1.14. The highest BCUT2D eigenvalue weighted by Crippen LogP contribution is 2.52. The number of carbonyl (C=O) groups excluding carboxylic acids is 2. The Morgan fingerprint density at radius 3 is 2.50 bits per heavy atom. The minimum Gasteiger partial charge on any atom is -0.357 e. The summed E-state index contributed by atoms with van der Waals surface area (Å²) in [5.41, 5.74) is 0. The van der Waals surface area contributed by atoms with Crippen LogP contribution >= 0.6 is 0 Å². The van der Waals surface area contributed by atoms with E-state index >= 15 is 0 Å². The Morgan fingerprint density at radius 2 is 1.81 bits per heavy atom.